The van der Waals surface area contributed by atoms with Gasteiger partial charge < -0.3 is 10.4 Å². The van der Waals surface area contributed by atoms with Crippen LogP contribution in [0.4, 0.5) is 5.69 Å². The van der Waals surface area contributed by atoms with Gasteiger partial charge in [0, 0.05) is 18.2 Å². The third kappa shape index (κ3) is 5.26. The summed E-state index contributed by atoms with van der Waals surface area (Å²) in [6.07, 6.45) is 3.71. The zero-order valence-electron chi connectivity index (χ0n) is 13.9. The molecule has 25 heavy (non-hydrogen) atoms. The maximum absolute atomic E-state index is 12.1. The molecular formula is C19H20N2O4. The Morgan fingerprint density at radius 1 is 1.28 bits per heavy atom. The van der Waals surface area contributed by atoms with Crippen LogP contribution in [-0.2, 0) is 11.2 Å². The second-order valence-electron chi connectivity index (χ2n) is 5.52. The van der Waals surface area contributed by atoms with Crippen molar-refractivity contribution in [1.29, 1.82) is 0 Å². The first-order valence-electron chi connectivity index (χ1n) is 7.96. The van der Waals surface area contributed by atoms with Gasteiger partial charge in [-0.05, 0) is 29.2 Å². The summed E-state index contributed by atoms with van der Waals surface area (Å²) in [6, 6.07) is 13.2. The van der Waals surface area contributed by atoms with E-state index in [4.69, 9.17) is 0 Å². The van der Waals surface area contributed by atoms with Crippen LogP contribution < -0.4 is 5.32 Å². The zero-order valence-corrected chi connectivity index (χ0v) is 13.9. The number of nitrogens with zero attached hydrogens (tertiary/aromatic N) is 1. The average Bonchev–Trinajstić information content (AvgIpc) is 2.64. The maximum Gasteiger partial charge on any atom is 0.270 e. The van der Waals surface area contributed by atoms with Gasteiger partial charge in [0.1, 0.15) is 0 Å². The minimum atomic E-state index is -0.506. The van der Waals surface area contributed by atoms with E-state index in [2.05, 4.69) is 12.2 Å². The summed E-state index contributed by atoms with van der Waals surface area (Å²) in [5.41, 5.74) is 2.51. The van der Waals surface area contributed by atoms with E-state index in [1.54, 1.807) is 12.1 Å². The minimum Gasteiger partial charge on any atom is -0.394 e. The van der Waals surface area contributed by atoms with Crippen LogP contribution in [0.25, 0.3) is 6.08 Å². The molecule has 0 fully saturated rings. The minimum absolute atomic E-state index is 0.0354. The number of nitrogens with one attached hydrogen (secondary N) is 1. The molecule has 0 radical (unpaired) electrons. The smallest absolute Gasteiger partial charge is 0.270 e. The van der Waals surface area contributed by atoms with E-state index in [0.29, 0.717) is 5.56 Å². The van der Waals surface area contributed by atoms with Crippen LogP contribution in [0.5, 0.6) is 0 Å². The third-order valence-electron chi connectivity index (χ3n) is 3.80. The van der Waals surface area contributed by atoms with E-state index in [1.807, 2.05) is 24.3 Å². The van der Waals surface area contributed by atoms with Gasteiger partial charge in [0.25, 0.3) is 5.69 Å². The van der Waals surface area contributed by atoms with Crippen molar-refractivity contribution >= 4 is 17.7 Å². The lowest BCUT2D eigenvalue weighted by atomic mass is 10.0. The van der Waals surface area contributed by atoms with E-state index in [-0.39, 0.29) is 18.2 Å². The highest BCUT2D eigenvalue weighted by molar-refractivity contribution is 5.92. The van der Waals surface area contributed by atoms with E-state index < -0.39 is 11.0 Å². The van der Waals surface area contributed by atoms with Gasteiger partial charge in [0.05, 0.1) is 17.6 Å². The summed E-state index contributed by atoms with van der Waals surface area (Å²) in [4.78, 5) is 22.3. The van der Waals surface area contributed by atoms with Gasteiger partial charge in [0.15, 0.2) is 0 Å². The Bertz CT molecular complexity index is 769. The van der Waals surface area contributed by atoms with Gasteiger partial charge in [-0.2, -0.15) is 0 Å². The molecule has 2 aromatic carbocycles. The Balaban J connectivity index is 2.04. The van der Waals surface area contributed by atoms with E-state index >= 15 is 0 Å². The van der Waals surface area contributed by atoms with Crippen LogP contribution in [0, 0.1) is 10.1 Å². The molecule has 1 atom stereocenters. The monoisotopic (exact) mass is 340 g/mol. The van der Waals surface area contributed by atoms with Gasteiger partial charge in [0.2, 0.25) is 5.91 Å². The molecule has 0 heterocycles. The lowest BCUT2D eigenvalue weighted by Gasteiger charge is -2.16. The second kappa shape index (κ2) is 8.75. The summed E-state index contributed by atoms with van der Waals surface area (Å²) in [7, 11) is 0. The molecule has 0 aliphatic heterocycles. The Kier molecular flexibility index (Phi) is 6.42. The van der Waals surface area contributed by atoms with Crippen molar-refractivity contribution in [3.05, 3.63) is 81.4 Å². The summed E-state index contributed by atoms with van der Waals surface area (Å²) >= 11 is 0. The number of hydrogen-bond acceptors (Lipinski definition) is 4. The molecule has 1 amide bonds. The normalized spacial score (nSPS) is 12.1. The lowest BCUT2D eigenvalue weighted by molar-refractivity contribution is -0.384. The number of aryl methyl sites for hydroxylation is 1. The number of carbonyl (C=O) groups is 1. The Labute approximate surface area is 146 Å². The fourth-order valence-corrected chi connectivity index (χ4v) is 2.35. The number of aliphatic hydroxyl groups excluding tert-OH is 1. The molecular weight excluding hydrogens is 320 g/mol. The highest BCUT2D eigenvalue weighted by atomic mass is 16.6. The van der Waals surface area contributed by atoms with Crippen LogP contribution in [0.1, 0.15) is 29.7 Å². The number of nitro benzene ring substituents is 1. The SMILES string of the molecule is CCc1ccc(C(CO)NC(=O)/C=C/c2cccc([N+](=O)[O-])c2)cc1. The number of amides is 1. The van der Waals surface area contributed by atoms with Gasteiger partial charge in [-0.25, -0.2) is 0 Å². The number of aliphatic hydroxyl groups is 1. The first kappa shape index (κ1) is 18.4. The molecule has 0 spiro atoms. The van der Waals surface area contributed by atoms with Crippen molar-refractivity contribution in [3.8, 4) is 0 Å². The molecule has 0 bridgehead atoms. The molecule has 6 heteroatoms. The van der Waals surface area contributed by atoms with Crippen LogP contribution in [0.2, 0.25) is 0 Å². The van der Waals surface area contributed by atoms with Gasteiger partial charge in [-0.15, -0.1) is 0 Å². The Hall–Kier alpha value is -2.99. The van der Waals surface area contributed by atoms with E-state index in [0.717, 1.165) is 12.0 Å². The molecule has 6 nitrogen and oxygen atoms in total. The predicted molar refractivity (Wildman–Crippen MR) is 95.9 cm³/mol. The molecule has 130 valence electrons. The fourth-order valence-electron chi connectivity index (χ4n) is 2.35. The van der Waals surface area contributed by atoms with Crippen molar-refractivity contribution in [3.63, 3.8) is 0 Å². The van der Waals surface area contributed by atoms with Crippen molar-refractivity contribution in [2.75, 3.05) is 6.61 Å². The molecule has 0 aliphatic carbocycles. The quantitative estimate of drug-likeness (QED) is 0.460. The molecule has 0 saturated heterocycles. The van der Waals surface area contributed by atoms with Crippen molar-refractivity contribution in [1.82, 2.24) is 5.32 Å². The number of carbonyl (C=O) groups excluding carboxylic acids is 1. The summed E-state index contributed by atoms with van der Waals surface area (Å²) < 4.78 is 0. The first-order valence-corrected chi connectivity index (χ1v) is 7.96. The largest absolute Gasteiger partial charge is 0.394 e. The number of hydrogen-bond donors (Lipinski definition) is 2. The maximum atomic E-state index is 12.1. The van der Waals surface area contributed by atoms with Gasteiger partial charge >= 0.3 is 0 Å². The summed E-state index contributed by atoms with van der Waals surface area (Å²) in [6.45, 7) is 1.83. The predicted octanol–water partition coefficient (Wildman–Crippen LogP) is 3.02. The average molecular weight is 340 g/mol. The number of rotatable bonds is 7. The number of non-ortho nitro benzene ring substituents is 1. The van der Waals surface area contributed by atoms with Gasteiger partial charge in [-0.1, -0.05) is 43.3 Å². The number of benzene rings is 2. The molecule has 0 aromatic heterocycles. The topological polar surface area (TPSA) is 92.5 Å². The van der Waals surface area contributed by atoms with Crippen molar-refractivity contribution < 1.29 is 14.8 Å². The van der Waals surface area contributed by atoms with Crippen LogP contribution in [0.3, 0.4) is 0 Å². The second-order valence-corrected chi connectivity index (χ2v) is 5.52. The molecule has 2 aromatic rings. The standard InChI is InChI=1S/C19H20N2O4/c1-2-14-6-9-16(10-7-14)18(13-22)20-19(23)11-8-15-4-3-5-17(12-15)21(24)25/h3-12,18,22H,2,13H2,1H3,(H,20,23)/b11-8+. The summed E-state index contributed by atoms with van der Waals surface area (Å²) in [5, 5.41) is 23.0. The van der Waals surface area contributed by atoms with Crippen molar-refractivity contribution in [2.24, 2.45) is 0 Å². The fraction of sp³-hybridized carbons (Fsp3) is 0.211. The van der Waals surface area contributed by atoms with Crippen LogP contribution >= 0.6 is 0 Å². The molecule has 2 rings (SSSR count). The molecule has 0 aliphatic rings. The highest BCUT2D eigenvalue weighted by Gasteiger charge is 2.12. The van der Waals surface area contributed by atoms with E-state index in [1.165, 1.54) is 29.8 Å². The Morgan fingerprint density at radius 2 is 2.00 bits per heavy atom. The molecule has 1 unspecified atom stereocenters. The number of nitro groups is 1. The van der Waals surface area contributed by atoms with E-state index in [9.17, 15) is 20.0 Å². The highest BCUT2D eigenvalue weighted by Crippen LogP contribution is 2.15. The summed E-state index contributed by atoms with van der Waals surface area (Å²) in [5.74, 6) is -0.384. The molecule has 0 saturated carbocycles. The van der Waals surface area contributed by atoms with Gasteiger partial charge in [-0.3, -0.25) is 14.9 Å². The van der Waals surface area contributed by atoms with Crippen LogP contribution in [0.15, 0.2) is 54.6 Å². The first-order chi connectivity index (χ1) is 12.0. The Morgan fingerprint density at radius 3 is 2.60 bits per heavy atom. The molecule has 2 N–H and O–H groups in total. The lowest BCUT2D eigenvalue weighted by Crippen LogP contribution is -2.29. The third-order valence-corrected chi connectivity index (χ3v) is 3.80. The van der Waals surface area contributed by atoms with Crippen LogP contribution in [-0.4, -0.2) is 22.5 Å². The van der Waals surface area contributed by atoms with Crippen molar-refractivity contribution in [2.45, 2.75) is 19.4 Å². The zero-order chi connectivity index (χ0) is 18.2.